The van der Waals surface area contributed by atoms with E-state index in [9.17, 15) is 9.59 Å². The number of hydrogen-bond donors (Lipinski definition) is 1. The number of carbonyl (C=O) groups excluding carboxylic acids is 2. The van der Waals surface area contributed by atoms with Gasteiger partial charge in [0.2, 0.25) is 11.9 Å². The van der Waals surface area contributed by atoms with Gasteiger partial charge >= 0.3 is 0 Å². The van der Waals surface area contributed by atoms with E-state index in [1.54, 1.807) is 17.9 Å². The molecule has 0 aliphatic carbocycles. The highest BCUT2D eigenvalue weighted by Crippen LogP contribution is 2.17. The summed E-state index contributed by atoms with van der Waals surface area (Å²) in [6.07, 6.45) is 0. The molecule has 1 aliphatic heterocycles. The van der Waals surface area contributed by atoms with Crippen LogP contribution < -0.4 is 10.2 Å². The van der Waals surface area contributed by atoms with Crippen molar-refractivity contribution in [2.75, 3.05) is 36.4 Å². The Labute approximate surface area is 159 Å². The van der Waals surface area contributed by atoms with Crippen molar-refractivity contribution in [3.8, 4) is 0 Å². The maximum absolute atomic E-state index is 12.7. The molecule has 3 rings (SSSR count). The van der Waals surface area contributed by atoms with Crippen LogP contribution in [-0.4, -0.2) is 52.9 Å². The summed E-state index contributed by atoms with van der Waals surface area (Å²) in [7, 11) is 0. The highest BCUT2D eigenvalue weighted by Gasteiger charge is 2.22. The van der Waals surface area contributed by atoms with Gasteiger partial charge in [-0.15, -0.1) is 0 Å². The van der Waals surface area contributed by atoms with Crippen LogP contribution in [0, 0.1) is 20.8 Å². The number of amides is 2. The highest BCUT2D eigenvalue weighted by atomic mass is 16.2. The molecule has 7 nitrogen and oxygen atoms in total. The van der Waals surface area contributed by atoms with Gasteiger partial charge in [-0.2, -0.15) is 0 Å². The van der Waals surface area contributed by atoms with Crippen molar-refractivity contribution < 1.29 is 9.59 Å². The Balaban J connectivity index is 1.77. The molecule has 0 saturated carbocycles. The van der Waals surface area contributed by atoms with Crippen molar-refractivity contribution in [1.82, 2.24) is 14.9 Å². The number of carbonyl (C=O) groups is 2. The van der Waals surface area contributed by atoms with Gasteiger partial charge < -0.3 is 15.1 Å². The van der Waals surface area contributed by atoms with E-state index in [-0.39, 0.29) is 11.8 Å². The largest absolute Gasteiger partial charge is 0.339 e. The van der Waals surface area contributed by atoms with Crippen LogP contribution in [0.2, 0.25) is 0 Å². The summed E-state index contributed by atoms with van der Waals surface area (Å²) in [6, 6.07) is 7.61. The fourth-order valence-corrected chi connectivity index (χ4v) is 3.27. The molecule has 142 valence electrons. The van der Waals surface area contributed by atoms with Crippen LogP contribution in [0.1, 0.15) is 34.2 Å². The minimum atomic E-state index is -0.255. The predicted molar refractivity (Wildman–Crippen MR) is 105 cm³/mol. The van der Waals surface area contributed by atoms with Crippen LogP contribution in [0.15, 0.2) is 24.3 Å². The van der Waals surface area contributed by atoms with E-state index >= 15 is 0 Å². The molecular weight excluding hydrogens is 342 g/mol. The second-order valence-corrected chi connectivity index (χ2v) is 7.02. The van der Waals surface area contributed by atoms with Gasteiger partial charge in [-0.05, 0) is 50.1 Å². The van der Waals surface area contributed by atoms with Crippen molar-refractivity contribution >= 4 is 23.5 Å². The van der Waals surface area contributed by atoms with Gasteiger partial charge in [-0.3, -0.25) is 9.59 Å². The third-order valence-corrected chi connectivity index (χ3v) is 4.56. The average molecular weight is 367 g/mol. The molecule has 2 heterocycles. The summed E-state index contributed by atoms with van der Waals surface area (Å²) in [6.45, 7) is 10.0. The van der Waals surface area contributed by atoms with Crippen LogP contribution in [0.25, 0.3) is 0 Å². The lowest BCUT2D eigenvalue weighted by Gasteiger charge is -2.34. The van der Waals surface area contributed by atoms with Gasteiger partial charge in [0.15, 0.2) is 0 Å². The summed E-state index contributed by atoms with van der Waals surface area (Å²) >= 11 is 0. The number of aryl methyl sites for hydroxylation is 3. The molecule has 1 saturated heterocycles. The molecule has 1 aliphatic rings. The van der Waals surface area contributed by atoms with Crippen molar-refractivity contribution in [2.24, 2.45) is 0 Å². The van der Waals surface area contributed by atoms with E-state index in [1.165, 1.54) is 0 Å². The van der Waals surface area contributed by atoms with Gasteiger partial charge in [-0.1, -0.05) is 6.07 Å². The summed E-state index contributed by atoms with van der Waals surface area (Å²) in [5, 5.41) is 2.92. The molecule has 7 heteroatoms. The summed E-state index contributed by atoms with van der Waals surface area (Å²) in [4.78, 5) is 36.9. The SMILES string of the molecule is CC(=O)N1CCN(c2nc(C)cc(C(=O)Nc3cc(C)cc(C)c3)n2)CC1. The van der Waals surface area contributed by atoms with Crippen LogP contribution in [0.3, 0.4) is 0 Å². The Morgan fingerprint density at radius 2 is 1.56 bits per heavy atom. The van der Waals surface area contributed by atoms with E-state index in [2.05, 4.69) is 21.4 Å². The maximum atomic E-state index is 12.7. The molecule has 1 aromatic carbocycles. The molecule has 27 heavy (non-hydrogen) atoms. The van der Waals surface area contributed by atoms with Gasteiger partial charge in [0.05, 0.1) is 0 Å². The molecule has 2 aromatic rings. The second-order valence-electron chi connectivity index (χ2n) is 7.02. The monoisotopic (exact) mass is 367 g/mol. The molecule has 1 N–H and O–H groups in total. The van der Waals surface area contributed by atoms with E-state index in [1.807, 2.05) is 37.8 Å². The molecule has 0 bridgehead atoms. The number of hydrogen-bond acceptors (Lipinski definition) is 5. The molecule has 0 unspecified atom stereocenters. The summed E-state index contributed by atoms with van der Waals surface area (Å²) in [5.41, 5.74) is 4.01. The van der Waals surface area contributed by atoms with Crippen LogP contribution in [0.5, 0.6) is 0 Å². The van der Waals surface area contributed by atoms with Crippen LogP contribution in [-0.2, 0) is 4.79 Å². The lowest BCUT2D eigenvalue weighted by atomic mass is 10.1. The number of rotatable bonds is 3. The Morgan fingerprint density at radius 1 is 0.926 bits per heavy atom. The quantitative estimate of drug-likeness (QED) is 0.901. The van der Waals surface area contributed by atoms with E-state index < -0.39 is 0 Å². The standard InChI is InChI=1S/C20H25N5O2/c1-13-9-14(2)11-17(10-13)22-19(27)18-12-15(3)21-20(23-18)25-7-5-24(6-8-25)16(4)26/h9-12H,5-8H2,1-4H3,(H,22,27). The molecule has 0 spiro atoms. The Hall–Kier alpha value is -2.96. The zero-order valence-electron chi connectivity index (χ0n) is 16.2. The fraction of sp³-hybridized carbons (Fsp3) is 0.400. The topological polar surface area (TPSA) is 78.4 Å². The van der Waals surface area contributed by atoms with Crippen molar-refractivity contribution in [2.45, 2.75) is 27.7 Å². The Bertz CT molecular complexity index is 852. The lowest BCUT2D eigenvalue weighted by Crippen LogP contribution is -2.48. The van der Waals surface area contributed by atoms with E-state index in [0.29, 0.717) is 37.8 Å². The Kier molecular flexibility index (Phi) is 5.39. The number of anilines is 2. The highest BCUT2D eigenvalue weighted by molar-refractivity contribution is 6.03. The van der Waals surface area contributed by atoms with Crippen LogP contribution >= 0.6 is 0 Å². The third kappa shape index (κ3) is 4.61. The first-order chi connectivity index (χ1) is 12.8. The van der Waals surface area contributed by atoms with Gasteiger partial charge in [0, 0.05) is 44.5 Å². The number of piperazine rings is 1. The zero-order valence-corrected chi connectivity index (χ0v) is 16.2. The number of nitrogens with zero attached hydrogens (tertiary/aromatic N) is 4. The predicted octanol–water partition coefficient (Wildman–Crippen LogP) is 2.32. The second kappa shape index (κ2) is 7.73. The number of aromatic nitrogens is 2. The number of benzene rings is 1. The smallest absolute Gasteiger partial charge is 0.274 e. The minimum absolute atomic E-state index is 0.0772. The molecule has 2 amide bonds. The lowest BCUT2D eigenvalue weighted by molar-refractivity contribution is -0.129. The molecular formula is C20H25N5O2. The average Bonchev–Trinajstić information content (AvgIpc) is 2.60. The van der Waals surface area contributed by atoms with Crippen molar-refractivity contribution in [3.05, 3.63) is 46.8 Å². The first-order valence-electron chi connectivity index (χ1n) is 9.07. The first kappa shape index (κ1) is 18.8. The van der Waals surface area contributed by atoms with Crippen LogP contribution in [0.4, 0.5) is 11.6 Å². The van der Waals surface area contributed by atoms with Gasteiger partial charge in [0.25, 0.3) is 5.91 Å². The fourth-order valence-electron chi connectivity index (χ4n) is 3.27. The maximum Gasteiger partial charge on any atom is 0.274 e. The molecule has 0 radical (unpaired) electrons. The van der Waals surface area contributed by atoms with Gasteiger partial charge in [0.1, 0.15) is 5.69 Å². The Morgan fingerprint density at radius 3 is 2.15 bits per heavy atom. The van der Waals surface area contributed by atoms with Crippen molar-refractivity contribution in [1.29, 1.82) is 0 Å². The zero-order chi connectivity index (χ0) is 19.6. The van der Waals surface area contributed by atoms with Gasteiger partial charge in [-0.25, -0.2) is 9.97 Å². The third-order valence-electron chi connectivity index (χ3n) is 4.56. The number of nitrogens with one attached hydrogen (secondary N) is 1. The molecule has 0 atom stereocenters. The summed E-state index contributed by atoms with van der Waals surface area (Å²) in [5.74, 6) is 0.353. The minimum Gasteiger partial charge on any atom is -0.339 e. The summed E-state index contributed by atoms with van der Waals surface area (Å²) < 4.78 is 0. The van der Waals surface area contributed by atoms with E-state index in [0.717, 1.165) is 22.5 Å². The first-order valence-corrected chi connectivity index (χ1v) is 9.07. The van der Waals surface area contributed by atoms with E-state index in [4.69, 9.17) is 0 Å². The molecule has 1 fully saturated rings. The normalized spacial score (nSPS) is 14.2. The molecule has 1 aromatic heterocycles. The van der Waals surface area contributed by atoms with Crippen molar-refractivity contribution in [3.63, 3.8) is 0 Å².